The fourth-order valence-corrected chi connectivity index (χ4v) is 3.26. The minimum Gasteiger partial charge on any atom is -0.489 e. The first-order valence-electron chi connectivity index (χ1n) is 8.67. The van der Waals surface area contributed by atoms with Gasteiger partial charge in [0.25, 0.3) is 0 Å². The van der Waals surface area contributed by atoms with Crippen molar-refractivity contribution < 1.29 is 4.74 Å². The van der Waals surface area contributed by atoms with Gasteiger partial charge in [-0.15, -0.1) is 35.3 Å². The van der Waals surface area contributed by atoms with Gasteiger partial charge in [-0.3, -0.25) is 0 Å². The lowest BCUT2D eigenvalue weighted by Gasteiger charge is -2.18. The van der Waals surface area contributed by atoms with Crippen molar-refractivity contribution in [3.05, 3.63) is 45.4 Å². The molecule has 0 amide bonds. The number of halogens is 1. The van der Waals surface area contributed by atoms with E-state index in [-0.39, 0.29) is 30.1 Å². The molecule has 0 aliphatic heterocycles. The molecule has 0 aliphatic rings. The SMILES string of the molecule is CCNC(=NCc1sc(C)nc1C)NCC(C)Oc1ccccc1C.I. The molecule has 1 aromatic carbocycles. The summed E-state index contributed by atoms with van der Waals surface area (Å²) in [4.78, 5) is 10.3. The molecule has 0 saturated heterocycles. The van der Waals surface area contributed by atoms with Gasteiger partial charge >= 0.3 is 0 Å². The lowest BCUT2D eigenvalue weighted by Crippen LogP contribution is -2.41. The number of aromatic nitrogens is 1. The topological polar surface area (TPSA) is 58.5 Å². The minimum atomic E-state index is 0. The smallest absolute Gasteiger partial charge is 0.191 e. The van der Waals surface area contributed by atoms with Gasteiger partial charge in [-0.05, 0) is 46.2 Å². The Bertz CT molecular complexity index is 717. The Morgan fingerprint density at radius 3 is 2.58 bits per heavy atom. The van der Waals surface area contributed by atoms with Gasteiger partial charge in [-0.25, -0.2) is 9.98 Å². The van der Waals surface area contributed by atoms with Gasteiger partial charge in [-0.1, -0.05) is 18.2 Å². The van der Waals surface area contributed by atoms with Crippen LogP contribution in [-0.2, 0) is 6.54 Å². The summed E-state index contributed by atoms with van der Waals surface area (Å²) >= 11 is 1.70. The third kappa shape index (κ3) is 7.11. The number of rotatable bonds is 7. The van der Waals surface area contributed by atoms with E-state index in [0.29, 0.717) is 13.1 Å². The zero-order valence-corrected chi connectivity index (χ0v) is 19.3. The second-order valence-electron chi connectivity index (χ2n) is 6.01. The van der Waals surface area contributed by atoms with Gasteiger partial charge in [0.1, 0.15) is 11.9 Å². The maximum Gasteiger partial charge on any atom is 0.191 e. The van der Waals surface area contributed by atoms with E-state index in [2.05, 4.69) is 47.4 Å². The Morgan fingerprint density at radius 1 is 1.23 bits per heavy atom. The molecule has 0 radical (unpaired) electrons. The summed E-state index contributed by atoms with van der Waals surface area (Å²) in [7, 11) is 0. The highest BCUT2D eigenvalue weighted by Gasteiger charge is 2.08. The summed E-state index contributed by atoms with van der Waals surface area (Å²) in [6, 6.07) is 8.07. The van der Waals surface area contributed by atoms with Gasteiger partial charge in [0.15, 0.2) is 5.96 Å². The van der Waals surface area contributed by atoms with Gasteiger partial charge in [0.2, 0.25) is 0 Å². The first-order valence-corrected chi connectivity index (χ1v) is 9.48. The first-order chi connectivity index (χ1) is 12.0. The number of thiazole rings is 1. The van der Waals surface area contributed by atoms with Crippen molar-refractivity contribution in [3.8, 4) is 5.75 Å². The zero-order valence-electron chi connectivity index (χ0n) is 16.1. The van der Waals surface area contributed by atoms with Crippen LogP contribution in [0.2, 0.25) is 0 Å². The summed E-state index contributed by atoms with van der Waals surface area (Å²) in [5.74, 6) is 1.72. The molecule has 0 spiro atoms. The molecule has 1 heterocycles. The van der Waals surface area contributed by atoms with Crippen LogP contribution in [0.25, 0.3) is 0 Å². The molecule has 5 nitrogen and oxygen atoms in total. The van der Waals surface area contributed by atoms with Crippen LogP contribution in [0.15, 0.2) is 29.3 Å². The second-order valence-corrected chi connectivity index (χ2v) is 7.30. The van der Waals surface area contributed by atoms with Crippen LogP contribution in [0.3, 0.4) is 0 Å². The normalized spacial score (nSPS) is 12.3. The van der Waals surface area contributed by atoms with Crippen LogP contribution in [-0.4, -0.2) is 30.1 Å². The molecular weight excluding hydrogens is 459 g/mol. The van der Waals surface area contributed by atoms with E-state index >= 15 is 0 Å². The fraction of sp³-hybridized carbons (Fsp3) is 0.474. The summed E-state index contributed by atoms with van der Waals surface area (Å²) in [5.41, 5.74) is 2.21. The molecule has 2 N–H and O–H groups in total. The number of para-hydroxylation sites is 1. The van der Waals surface area contributed by atoms with Crippen LogP contribution >= 0.6 is 35.3 Å². The van der Waals surface area contributed by atoms with Crippen LogP contribution < -0.4 is 15.4 Å². The van der Waals surface area contributed by atoms with Gasteiger partial charge in [-0.2, -0.15) is 0 Å². The van der Waals surface area contributed by atoms with E-state index in [9.17, 15) is 0 Å². The predicted molar refractivity (Wildman–Crippen MR) is 121 cm³/mol. The molecule has 1 unspecified atom stereocenters. The van der Waals surface area contributed by atoms with Crippen molar-refractivity contribution in [2.24, 2.45) is 4.99 Å². The number of nitrogens with one attached hydrogen (secondary N) is 2. The second kappa shape index (κ2) is 11.4. The van der Waals surface area contributed by atoms with E-state index in [1.807, 2.05) is 32.0 Å². The maximum atomic E-state index is 6.01. The molecular formula is C19H29IN4OS. The van der Waals surface area contributed by atoms with Gasteiger partial charge < -0.3 is 15.4 Å². The number of hydrogen-bond donors (Lipinski definition) is 2. The number of aliphatic imine (C=N–C) groups is 1. The number of ether oxygens (including phenoxy) is 1. The molecule has 0 aliphatic carbocycles. The Kier molecular flexibility index (Phi) is 9.93. The lowest BCUT2D eigenvalue weighted by atomic mass is 10.2. The van der Waals surface area contributed by atoms with Crippen molar-refractivity contribution in [2.45, 2.75) is 47.3 Å². The van der Waals surface area contributed by atoms with Crippen LogP contribution in [0.5, 0.6) is 5.75 Å². The highest BCUT2D eigenvalue weighted by molar-refractivity contribution is 14.0. The molecule has 1 aromatic heterocycles. The summed E-state index contributed by atoms with van der Waals surface area (Å²) in [5, 5.41) is 7.72. The molecule has 1 atom stereocenters. The Labute approximate surface area is 177 Å². The molecule has 0 saturated carbocycles. The molecule has 144 valence electrons. The van der Waals surface area contributed by atoms with Crippen molar-refractivity contribution in [2.75, 3.05) is 13.1 Å². The average Bonchev–Trinajstić information content (AvgIpc) is 2.90. The van der Waals surface area contributed by atoms with Crippen molar-refractivity contribution in [1.29, 1.82) is 0 Å². The first kappa shape index (κ1) is 22.7. The third-order valence-corrected chi connectivity index (χ3v) is 4.76. The van der Waals surface area contributed by atoms with E-state index < -0.39 is 0 Å². The Hall–Kier alpha value is -1.35. The van der Waals surface area contributed by atoms with Crippen LogP contribution in [0.1, 0.15) is 35.0 Å². The quantitative estimate of drug-likeness (QED) is 0.348. The minimum absolute atomic E-state index is 0. The lowest BCUT2D eigenvalue weighted by molar-refractivity contribution is 0.222. The number of guanidine groups is 1. The standard InChI is InChI=1S/C19H28N4OS.HI/c1-6-20-19(22-12-18-15(4)23-16(5)25-18)21-11-14(3)24-17-10-8-7-9-13(17)2;/h7-10,14H,6,11-12H2,1-5H3,(H2,20,21,22);1H. The van der Waals surface area contributed by atoms with Crippen molar-refractivity contribution in [1.82, 2.24) is 15.6 Å². The number of hydrogen-bond acceptors (Lipinski definition) is 4. The Morgan fingerprint density at radius 2 is 1.96 bits per heavy atom. The van der Waals surface area contributed by atoms with Gasteiger partial charge in [0, 0.05) is 11.4 Å². The molecule has 0 bridgehead atoms. The third-order valence-electron chi connectivity index (χ3n) is 3.70. The van der Waals surface area contributed by atoms with Crippen molar-refractivity contribution in [3.63, 3.8) is 0 Å². The highest BCUT2D eigenvalue weighted by Crippen LogP contribution is 2.18. The number of aryl methyl sites for hydroxylation is 3. The molecule has 2 rings (SSSR count). The van der Waals surface area contributed by atoms with Crippen LogP contribution in [0, 0.1) is 20.8 Å². The van der Waals surface area contributed by atoms with E-state index in [1.54, 1.807) is 11.3 Å². The predicted octanol–water partition coefficient (Wildman–Crippen LogP) is 4.21. The average molecular weight is 488 g/mol. The molecule has 7 heteroatoms. The monoisotopic (exact) mass is 488 g/mol. The van der Waals surface area contributed by atoms with E-state index in [4.69, 9.17) is 4.74 Å². The summed E-state index contributed by atoms with van der Waals surface area (Å²) < 4.78 is 6.01. The van der Waals surface area contributed by atoms with Gasteiger partial charge in [0.05, 0.1) is 23.8 Å². The molecule has 26 heavy (non-hydrogen) atoms. The van der Waals surface area contributed by atoms with E-state index in [0.717, 1.165) is 34.5 Å². The van der Waals surface area contributed by atoms with Crippen molar-refractivity contribution >= 4 is 41.3 Å². The summed E-state index contributed by atoms with van der Waals surface area (Å²) in [6.07, 6.45) is 0.0392. The number of benzene rings is 1. The fourth-order valence-electron chi connectivity index (χ4n) is 2.40. The summed E-state index contributed by atoms with van der Waals surface area (Å²) in [6.45, 7) is 12.4. The van der Waals surface area contributed by atoms with E-state index in [1.165, 1.54) is 4.88 Å². The largest absolute Gasteiger partial charge is 0.489 e. The maximum absolute atomic E-state index is 6.01. The highest BCUT2D eigenvalue weighted by atomic mass is 127. The molecule has 0 fully saturated rings. The zero-order chi connectivity index (χ0) is 18.2. The number of nitrogens with zero attached hydrogens (tertiary/aromatic N) is 2. The Balaban J connectivity index is 0.00000338. The van der Waals surface area contributed by atoms with Crippen LogP contribution in [0.4, 0.5) is 0 Å². The molecule has 2 aromatic rings.